The largest absolute Gasteiger partial charge is 0.502 e. The predicted molar refractivity (Wildman–Crippen MR) is 214 cm³/mol. The van der Waals surface area contributed by atoms with Gasteiger partial charge in [0, 0.05) is 44.3 Å². The maximum atomic E-state index is 14.0. The molecule has 328 valence electrons. The van der Waals surface area contributed by atoms with Crippen LogP contribution < -0.4 is 54.8 Å². The van der Waals surface area contributed by atoms with Crippen LogP contribution in [0.2, 0.25) is 0 Å². The highest BCUT2D eigenvalue weighted by molar-refractivity contribution is 5.96. The fourth-order valence-electron chi connectivity index (χ4n) is 5.57. The molecule has 24 nitrogen and oxygen atoms in total. The second-order valence-corrected chi connectivity index (χ2v) is 13.4. The number of aliphatic hydroxyl groups excluding tert-OH is 1. The number of nitrogens with one attached hydrogen (secondary N) is 6. The van der Waals surface area contributed by atoms with E-state index in [0.29, 0.717) is 25.1 Å². The molecule has 2 aromatic rings. The molecule has 0 bridgehead atoms. The lowest BCUT2D eigenvalue weighted by molar-refractivity contribution is -0.385. The first-order valence-corrected chi connectivity index (χ1v) is 18.7. The molecule has 0 saturated heterocycles. The van der Waals surface area contributed by atoms with Crippen LogP contribution in [0, 0.1) is 10.1 Å². The van der Waals surface area contributed by atoms with Gasteiger partial charge in [-0.15, -0.1) is 0 Å². The van der Waals surface area contributed by atoms with Crippen LogP contribution in [-0.4, -0.2) is 124 Å². The van der Waals surface area contributed by atoms with Crippen LogP contribution in [0.15, 0.2) is 47.6 Å². The second-order valence-electron chi connectivity index (χ2n) is 13.4. The summed E-state index contributed by atoms with van der Waals surface area (Å²) in [5.41, 5.74) is 21.5. The lowest BCUT2D eigenvalue weighted by atomic mass is 10.0. The number of pyridine rings is 1. The standard InChI is InChI=1S/C36H53N13O11/c1-20(51)44-27(19-50)35(58)47-24(8-2-4-12-37)32(55)43-18-30(53)45-26(17-22-7-3-5-13-41-22)34(57)48-25(15-21-10-11-29(52)28(16-21)49(59)60)33(56)46-23(31(38)54)9-6-14-42-36(39)40/h3,5,7,10-11,13,16,23-27,50,52H,2,4,6,8-9,12,14-15,17-19,37H2,1H3,(H2,38,54)(H,43,55)(H,44,51)(H,45,53)(H,46,56)(H,47,58)(H,48,57)(H4,39,40,42)/t23-,24-,25-,26-,27-/m0/s1. The number of carbonyl (C=O) groups excluding carboxylic acids is 7. The molecule has 1 aromatic heterocycles. The third-order valence-corrected chi connectivity index (χ3v) is 8.59. The van der Waals surface area contributed by atoms with E-state index in [1.165, 1.54) is 12.3 Å². The van der Waals surface area contributed by atoms with E-state index < -0.39 is 107 Å². The predicted octanol–water partition coefficient (Wildman–Crippen LogP) is -4.30. The van der Waals surface area contributed by atoms with E-state index in [4.69, 9.17) is 22.9 Å². The highest BCUT2D eigenvalue weighted by atomic mass is 16.6. The quantitative estimate of drug-likeness (QED) is 0.0140. The summed E-state index contributed by atoms with van der Waals surface area (Å²) in [5.74, 6) is -6.81. The Morgan fingerprint density at radius 3 is 2.02 bits per heavy atom. The van der Waals surface area contributed by atoms with Gasteiger partial charge in [-0.05, 0) is 62.4 Å². The van der Waals surface area contributed by atoms with Gasteiger partial charge in [0.2, 0.25) is 41.4 Å². The van der Waals surface area contributed by atoms with Crippen LogP contribution in [0.3, 0.4) is 0 Å². The molecule has 5 atom stereocenters. The van der Waals surface area contributed by atoms with Crippen molar-refractivity contribution >= 4 is 53.0 Å². The molecule has 16 N–H and O–H groups in total. The van der Waals surface area contributed by atoms with Gasteiger partial charge in [0.15, 0.2) is 11.7 Å². The summed E-state index contributed by atoms with van der Waals surface area (Å²) in [6.45, 7) is 0.0690. The normalized spacial score (nSPS) is 13.2. The number of rotatable bonds is 26. The number of aromatic nitrogens is 1. The van der Waals surface area contributed by atoms with Gasteiger partial charge in [0.1, 0.15) is 30.2 Å². The Morgan fingerprint density at radius 2 is 1.43 bits per heavy atom. The van der Waals surface area contributed by atoms with Gasteiger partial charge in [-0.2, -0.15) is 0 Å². The van der Waals surface area contributed by atoms with Gasteiger partial charge in [-0.1, -0.05) is 12.1 Å². The minimum Gasteiger partial charge on any atom is -0.502 e. The molecule has 2 rings (SSSR count). The van der Waals surface area contributed by atoms with Crippen molar-refractivity contribution < 1.29 is 48.7 Å². The Morgan fingerprint density at radius 1 is 0.800 bits per heavy atom. The van der Waals surface area contributed by atoms with Crippen LogP contribution in [0.1, 0.15) is 50.3 Å². The molecule has 0 spiro atoms. The summed E-state index contributed by atoms with van der Waals surface area (Å²) >= 11 is 0. The second kappa shape index (κ2) is 25.4. The number of guanidine groups is 1. The number of aliphatic imine (C=N–C) groups is 1. The Labute approximate surface area is 344 Å². The van der Waals surface area contributed by atoms with Crippen LogP contribution in [0.5, 0.6) is 5.75 Å². The molecule has 24 heteroatoms. The minimum absolute atomic E-state index is 0.0117. The first-order valence-electron chi connectivity index (χ1n) is 18.7. The average Bonchev–Trinajstić information content (AvgIpc) is 3.19. The Hall–Kier alpha value is -6.95. The van der Waals surface area contributed by atoms with Crippen molar-refractivity contribution in [2.75, 3.05) is 26.2 Å². The Balaban J connectivity index is 2.37. The molecule has 60 heavy (non-hydrogen) atoms. The molecule has 7 amide bonds. The molecule has 0 saturated carbocycles. The topological polar surface area (TPSA) is 405 Å². The zero-order chi connectivity index (χ0) is 44.8. The van der Waals surface area contributed by atoms with E-state index in [9.17, 15) is 53.9 Å². The van der Waals surface area contributed by atoms with Gasteiger partial charge in [0.25, 0.3) is 0 Å². The summed E-state index contributed by atoms with van der Waals surface area (Å²) < 4.78 is 0. The third kappa shape index (κ3) is 17.7. The van der Waals surface area contributed by atoms with E-state index in [1.54, 1.807) is 18.2 Å². The number of aromatic hydroxyl groups is 1. The number of unbranched alkanes of at least 4 members (excludes halogenated alkanes) is 1. The molecular weight excluding hydrogens is 790 g/mol. The van der Waals surface area contributed by atoms with E-state index in [1.807, 2.05) is 0 Å². The number of primary amides is 1. The zero-order valence-electron chi connectivity index (χ0n) is 32.9. The van der Waals surface area contributed by atoms with Crippen molar-refractivity contribution in [2.45, 2.75) is 82.1 Å². The molecule has 0 aliphatic heterocycles. The van der Waals surface area contributed by atoms with E-state index in [0.717, 1.165) is 19.1 Å². The summed E-state index contributed by atoms with van der Waals surface area (Å²) in [7, 11) is 0. The summed E-state index contributed by atoms with van der Waals surface area (Å²) in [5, 5.41) is 45.7. The number of nitro groups is 1. The molecule has 0 fully saturated rings. The zero-order valence-corrected chi connectivity index (χ0v) is 32.9. The number of nitrogens with zero attached hydrogens (tertiary/aromatic N) is 3. The minimum atomic E-state index is -1.55. The molecule has 0 aliphatic rings. The fraction of sp³-hybridized carbons (Fsp3) is 0.472. The molecule has 0 unspecified atom stereocenters. The number of carbonyl (C=O) groups is 7. The van der Waals surface area contributed by atoms with Gasteiger partial charge < -0.3 is 65.0 Å². The van der Waals surface area contributed by atoms with Gasteiger partial charge >= 0.3 is 5.69 Å². The number of aliphatic hydroxyl groups is 1. The van der Waals surface area contributed by atoms with E-state index >= 15 is 0 Å². The van der Waals surface area contributed by atoms with Crippen molar-refractivity contribution in [3.05, 3.63) is 64.0 Å². The van der Waals surface area contributed by atoms with Crippen LogP contribution in [-0.2, 0) is 46.4 Å². The Bertz CT molecular complexity index is 1840. The highest BCUT2D eigenvalue weighted by Crippen LogP contribution is 2.27. The van der Waals surface area contributed by atoms with Gasteiger partial charge in [-0.25, -0.2) is 0 Å². The smallest absolute Gasteiger partial charge is 0.310 e. The van der Waals surface area contributed by atoms with Gasteiger partial charge in [-0.3, -0.25) is 53.7 Å². The molecule has 1 heterocycles. The van der Waals surface area contributed by atoms with Crippen molar-refractivity contribution in [3.8, 4) is 5.75 Å². The first-order chi connectivity index (χ1) is 28.4. The molecule has 0 radical (unpaired) electrons. The summed E-state index contributed by atoms with van der Waals surface area (Å²) in [4.78, 5) is 110. The molecule has 0 aliphatic carbocycles. The van der Waals surface area contributed by atoms with E-state index in [-0.39, 0.29) is 43.8 Å². The summed E-state index contributed by atoms with van der Waals surface area (Å²) in [6, 6.07) is 1.25. The highest BCUT2D eigenvalue weighted by Gasteiger charge is 2.31. The van der Waals surface area contributed by atoms with Crippen LogP contribution >= 0.6 is 0 Å². The van der Waals surface area contributed by atoms with E-state index in [2.05, 4.69) is 41.9 Å². The third-order valence-electron chi connectivity index (χ3n) is 8.59. The van der Waals surface area contributed by atoms with Crippen molar-refractivity contribution in [3.63, 3.8) is 0 Å². The van der Waals surface area contributed by atoms with Gasteiger partial charge in [0.05, 0.1) is 18.1 Å². The first kappa shape index (κ1) is 49.2. The number of amides is 7. The number of hydrogen-bond acceptors (Lipinski definition) is 14. The van der Waals surface area contributed by atoms with Crippen molar-refractivity contribution in [2.24, 2.45) is 27.9 Å². The van der Waals surface area contributed by atoms with Crippen molar-refractivity contribution in [1.82, 2.24) is 36.9 Å². The number of nitro benzene ring substituents is 1. The monoisotopic (exact) mass is 843 g/mol. The number of phenolic OH excluding ortho intramolecular Hbond substituents is 1. The van der Waals surface area contributed by atoms with Crippen LogP contribution in [0.4, 0.5) is 5.69 Å². The number of hydrogen-bond donors (Lipinski definition) is 12. The number of nitrogens with two attached hydrogens (primary N) is 4. The fourth-order valence-corrected chi connectivity index (χ4v) is 5.57. The Kier molecular flexibility index (Phi) is 20.8. The average molecular weight is 844 g/mol. The maximum absolute atomic E-state index is 14.0. The lowest BCUT2D eigenvalue weighted by Gasteiger charge is -2.25. The van der Waals surface area contributed by atoms with Crippen molar-refractivity contribution in [1.29, 1.82) is 0 Å². The number of phenols is 1. The molecule has 1 aromatic carbocycles. The maximum Gasteiger partial charge on any atom is 0.310 e. The number of benzene rings is 1. The van der Waals surface area contributed by atoms with Crippen LogP contribution in [0.25, 0.3) is 0 Å². The molecular formula is C36H53N13O11. The SMILES string of the molecule is CC(=O)N[C@@H](CO)C(=O)N[C@@H](CCCCN)C(=O)NCC(=O)N[C@@H](Cc1ccccn1)C(=O)N[C@@H](Cc1ccc(O)c([N+](=O)[O-])c1)C(=O)N[C@@H](CCCN=C(N)N)C(N)=O. The lowest BCUT2D eigenvalue weighted by Crippen LogP contribution is -2.58. The summed E-state index contributed by atoms with van der Waals surface area (Å²) in [6.07, 6.45) is 1.96.